The number of hydrogen-bond donors (Lipinski definition) is 2. The van der Waals surface area contributed by atoms with Crippen molar-refractivity contribution in [3.8, 4) is 0 Å². The van der Waals surface area contributed by atoms with E-state index in [1.165, 1.54) is 25.9 Å². The highest BCUT2D eigenvalue weighted by Gasteiger charge is 2.18. The van der Waals surface area contributed by atoms with E-state index in [4.69, 9.17) is 0 Å². The predicted octanol–water partition coefficient (Wildman–Crippen LogP) is 1.68. The van der Waals surface area contributed by atoms with Crippen molar-refractivity contribution in [3.63, 3.8) is 0 Å². The van der Waals surface area contributed by atoms with Crippen LogP contribution < -0.4 is 10.6 Å². The van der Waals surface area contributed by atoms with Crippen LogP contribution in [0.25, 0.3) is 0 Å². The third-order valence-corrected chi connectivity index (χ3v) is 3.28. The first-order valence-electron chi connectivity index (χ1n) is 6.78. The summed E-state index contributed by atoms with van der Waals surface area (Å²) in [6.07, 6.45) is 3.21. The van der Waals surface area contributed by atoms with Gasteiger partial charge >= 0.3 is 0 Å². The zero-order chi connectivity index (χ0) is 12.7. The fraction of sp³-hybridized carbons (Fsp3) is 0.923. The molecule has 0 bridgehead atoms. The highest BCUT2D eigenvalue weighted by atomic mass is 35.5. The minimum atomic E-state index is 0. The largest absolute Gasteiger partial charge is 0.352 e. The summed E-state index contributed by atoms with van der Waals surface area (Å²) >= 11 is 0. The Bertz CT molecular complexity index is 242. The van der Waals surface area contributed by atoms with E-state index in [0.717, 1.165) is 19.0 Å². The van der Waals surface area contributed by atoms with Crippen molar-refractivity contribution in [2.45, 2.75) is 39.2 Å². The molecule has 0 aromatic heterocycles. The summed E-state index contributed by atoms with van der Waals surface area (Å²) in [4.78, 5) is 14.0. The van der Waals surface area contributed by atoms with Crippen LogP contribution in [0.3, 0.4) is 0 Å². The van der Waals surface area contributed by atoms with Gasteiger partial charge in [0, 0.05) is 32.1 Å². The third kappa shape index (κ3) is 9.50. The number of likely N-dealkylation sites (tertiary alicyclic amines) is 1. The monoisotopic (exact) mass is 313 g/mol. The fourth-order valence-electron chi connectivity index (χ4n) is 2.47. The van der Waals surface area contributed by atoms with Crippen LogP contribution in [0.1, 0.15) is 33.1 Å². The third-order valence-electron chi connectivity index (χ3n) is 3.28. The quantitative estimate of drug-likeness (QED) is 0.784. The maximum Gasteiger partial charge on any atom is 0.221 e. The molecule has 0 saturated carbocycles. The van der Waals surface area contributed by atoms with Crippen molar-refractivity contribution in [1.29, 1.82) is 0 Å². The molecule has 0 aromatic carbocycles. The van der Waals surface area contributed by atoms with Gasteiger partial charge in [0.05, 0.1) is 0 Å². The number of carbonyl (C=O) groups excluding carboxylic acids is 1. The highest BCUT2D eigenvalue weighted by Crippen LogP contribution is 2.15. The number of amides is 1. The standard InChI is InChI=1S/C13H27N3O.2ClH/c1-11-5-4-8-16(9-11)10-12(2)15-13(17)6-7-14-3;;/h11-12,14H,4-10H2,1-3H3,(H,15,17);2*1H. The van der Waals surface area contributed by atoms with E-state index in [2.05, 4.69) is 29.4 Å². The Morgan fingerprint density at radius 1 is 1.42 bits per heavy atom. The molecule has 0 aromatic rings. The maximum absolute atomic E-state index is 11.5. The van der Waals surface area contributed by atoms with Gasteiger partial charge in [-0.1, -0.05) is 6.92 Å². The van der Waals surface area contributed by atoms with E-state index in [-0.39, 0.29) is 36.8 Å². The Labute approximate surface area is 129 Å². The second-order valence-corrected chi connectivity index (χ2v) is 5.33. The second kappa shape index (κ2) is 11.8. The summed E-state index contributed by atoms with van der Waals surface area (Å²) in [6.45, 7) is 8.49. The molecule has 116 valence electrons. The van der Waals surface area contributed by atoms with Crippen LogP contribution in [0.15, 0.2) is 0 Å². The fourth-order valence-corrected chi connectivity index (χ4v) is 2.47. The second-order valence-electron chi connectivity index (χ2n) is 5.33. The van der Waals surface area contributed by atoms with E-state index >= 15 is 0 Å². The van der Waals surface area contributed by atoms with Crippen molar-refractivity contribution in [3.05, 3.63) is 0 Å². The average molecular weight is 314 g/mol. The van der Waals surface area contributed by atoms with Gasteiger partial charge in [-0.2, -0.15) is 0 Å². The van der Waals surface area contributed by atoms with Crippen LogP contribution in [0, 0.1) is 5.92 Å². The van der Waals surface area contributed by atoms with E-state index in [0.29, 0.717) is 6.42 Å². The van der Waals surface area contributed by atoms with Gasteiger partial charge in [0.2, 0.25) is 5.91 Å². The van der Waals surface area contributed by atoms with Gasteiger partial charge in [-0.3, -0.25) is 4.79 Å². The number of piperidine rings is 1. The van der Waals surface area contributed by atoms with Crippen molar-refractivity contribution < 1.29 is 4.79 Å². The lowest BCUT2D eigenvalue weighted by Crippen LogP contribution is -2.45. The molecule has 19 heavy (non-hydrogen) atoms. The molecule has 6 heteroatoms. The van der Waals surface area contributed by atoms with Crippen molar-refractivity contribution >= 4 is 30.7 Å². The molecule has 2 atom stereocenters. The van der Waals surface area contributed by atoms with Crippen molar-refractivity contribution in [2.24, 2.45) is 5.92 Å². The summed E-state index contributed by atoms with van der Waals surface area (Å²) in [5.41, 5.74) is 0. The van der Waals surface area contributed by atoms with E-state index < -0.39 is 0 Å². The SMILES string of the molecule is CNCCC(=O)NC(C)CN1CCCC(C)C1.Cl.Cl. The zero-order valence-corrected chi connectivity index (χ0v) is 13.9. The van der Waals surface area contributed by atoms with Crippen molar-refractivity contribution in [1.82, 2.24) is 15.5 Å². The molecular formula is C13H29Cl2N3O. The van der Waals surface area contributed by atoms with Crippen LogP contribution in [0.2, 0.25) is 0 Å². The number of carbonyl (C=O) groups is 1. The first kappa shape index (κ1) is 21.3. The lowest BCUT2D eigenvalue weighted by molar-refractivity contribution is -0.121. The van der Waals surface area contributed by atoms with Gasteiger partial charge in [0.25, 0.3) is 0 Å². The van der Waals surface area contributed by atoms with E-state index in [9.17, 15) is 4.79 Å². The average Bonchev–Trinajstić information content (AvgIpc) is 2.26. The molecule has 1 rings (SSSR count). The number of rotatable bonds is 6. The summed E-state index contributed by atoms with van der Waals surface area (Å²) in [7, 11) is 1.87. The Balaban J connectivity index is 0. The molecule has 1 saturated heterocycles. The number of hydrogen-bond acceptors (Lipinski definition) is 3. The molecule has 0 radical (unpaired) electrons. The zero-order valence-electron chi connectivity index (χ0n) is 12.3. The van der Waals surface area contributed by atoms with Crippen LogP contribution in [0.5, 0.6) is 0 Å². The van der Waals surface area contributed by atoms with Gasteiger partial charge < -0.3 is 15.5 Å². The van der Waals surface area contributed by atoms with Crippen molar-refractivity contribution in [2.75, 3.05) is 33.2 Å². The Morgan fingerprint density at radius 3 is 2.68 bits per heavy atom. The smallest absolute Gasteiger partial charge is 0.221 e. The Morgan fingerprint density at radius 2 is 2.11 bits per heavy atom. The molecule has 1 aliphatic rings. The number of halogens is 2. The van der Waals surface area contributed by atoms with E-state index in [1.54, 1.807) is 0 Å². The van der Waals surface area contributed by atoms with Gasteiger partial charge in [-0.25, -0.2) is 0 Å². The lowest BCUT2D eigenvalue weighted by atomic mass is 10.00. The Hall–Kier alpha value is -0.0300. The molecular weight excluding hydrogens is 285 g/mol. The summed E-state index contributed by atoms with van der Waals surface area (Å²) in [5.74, 6) is 0.952. The molecule has 4 nitrogen and oxygen atoms in total. The molecule has 2 unspecified atom stereocenters. The summed E-state index contributed by atoms with van der Waals surface area (Å²) in [6, 6.07) is 0.254. The molecule has 1 aliphatic heterocycles. The number of nitrogens with one attached hydrogen (secondary N) is 2. The summed E-state index contributed by atoms with van der Waals surface area (Å²) in [5, 5.41) is 6.04. The molecule has 1 fully saturated rings. The first-order valence-corrected chi connectivity index (χ1v) is 6.78. The molecule has 2 N–H and O–H groups in total. The van der Waals surface area contributed by atoms with Gasteiger partial charge in [-0.05, 0) is 39.3 Å². The normalized spacial score (nSPS) is 20.9. The molecule has 0 spiro atoms. The molecule has 1 amide bonds. The maximum atomic E-state index is 11.5. The van der Waals surface area contributed by atoms with E-state index in [1.807, 2.05) is 7.05 Å². The molecule has 0 aliphatic carbocycles. The van der Waals surface area contributed by atoms with Crippen LogP contribution in [0.4, 0.5) is 0 Å². The lowest BCUT2D eigenvalue weighted by Gasteiger charge is -2.32. The highest BCUT2D eigenvalue weighted by molar-refractivity contribution is 5.85. The van der Waals surface area contributed by atoms with Crippen LogP contribution in [-0.4, -0.2) is 50.1 Å². The minimum Gasteiger partial charge on any atom is -0.352 e. The first-order chi connectivity index (χ1) is 8.11. The molecule has 1 heterocycles. The summed E-state index contributed by atoms with van der Waals surface area (Å²) < 4.78 is 0. The van der Waals surface area contributed by atoms with Gasteiger partial charge in [-0.15, -0.1) is 24.8 Å². The number of nitrogens with zero attached hydrogens (tertiary/aromatic N) is 1. The van der Waals surface area contributed by atoms with Crippen LogP contribution >= 0.6 is 24.8 Å². The Kier molecular flexibility index (Phi) is 13.2. The predicted molar refractivity (Wildman–Crippen MR) is 85.5 cm³/mol. The van der Waals surface area contributed by atoms with Gasteiger partial charge in [0.15, 0.2) is 0 Å². The minimum absolute atomic E-state index is 0. The van der Waals surface area contributed by atoms with Crippen LogP contribution in [-0.2, 0) is 4.79 Å². The van der Waals surface area contributed by atoms with Gasteiger partial charge in [0.1, 0.15) is 0 Å². The topological polar surface area (TPSA) is 44.4 Å².